The number of fused-ring (bicyclic) bond motifs is 1. The average Bonchev–Trinajstić information content (AvgIpc) is 3.64. The third kappa shape index (κ3) is 5.69. The zero-order chi connectivity index (χ0) is 26.2. The van der Waals surface area contributed by atoms with Gasteiger partial charge in [-0.15, -0.1) is 11.3 Å². The molecule has 200 valence electrons. The molecule has 0 bridgehead atoms. The van der Waals surface area contributed by atoms with Crippen LogP contribution in [0.25, 0.3) is 10.2 Å². The molecule has 37 heavy (non-hydrogen) atoms. The minimum Gasteiger partial charge on any atom is -0.379 e. The van der Waals surface area contributed by atoms with E-state index in [2.05, 4.69) is 4.90 Å². The molecule has 1 aromatic carbocycles. The van der Waals surface area contributed by atoms with Crippen molar-refractivity contribution in [3.05, 3.63) is 39.2 Å². The molecule has 5 rings (SSSR count). The van der Waals surface area contributed by atoms with Gasteiger partial charge >= 0.3 is 0 Å². The summed E-state index contributed by atoms with van der Waals surface area (Å²) in [4.78, 5) is 22.9. The fourth-order valence-corrected chi connectivity index (χ4v) is 9.40. The van der Waals surface area contributed by atoms with Crippen molar-refractivity contribution in [2.75, 3.05) is 50.8 Å². The number of anilines is 1. The first-order valence-electron chi connectivity index (χ1n) is 12.2. The summed E-state index contributed by atoms with van der Waals surface area (Å²) in [5.41, 5.74) is 1.74. The van der Waals surface area contributed by atoms with E-state index in [9.17, 15) is 13.2 Å². The first-order chi connectivity index (χ1) is 17.8. The van der Waals surface area contributed by atoms with E-state index in [-0.39, 0.29) is 10.1 Å². The summed E-state index contributed by atoms with van der Waals surface area (Å²) >= 11 is 14.9. The maximum absolute atomic E-state index is 14.1. The van der Waals surface area contributed by atoms with Crippen LogP contribution in [0.5, 0.6) is 0 Å². The molecule has 13 heteroatoms. The van der Waals surface area contributed by atoms with Crippen LogP contribution >= 0.6 is 45.9 Å². The first kappa shape index (κ1) is 27.3. The molecular formula is C24H28Cl2N4O4S3. The van der Waals surface area contributed by atoms with Gasteiger partial charge in [0.15, 0.2) is 5.13 Å². The van der Waals surface area contributed by atoms with Crippen LogP contribution in [-0.2, 0) is 19.6 Å². The molecule has 4 heterocycles. The van der Waals surface area contributed by atoms with E-state index in [0.717, 1.165) is 53.2 Å². The zero-order valence-corrected chi connectivity index (χ0v) is 24.3. The highest BCUT2D eigenvalue weighted by Gasteiger charge is 2.42. The molecule has 0 radical (unpaired) electrons. The van der Waals surface area contributed by atoms with Gasteiger partial charge in [-0.3, -0.25) is 14.6 Å². The fourth-order valence-electron chi connectivity index (χ4n) is 4.79. The van der Waals surface area contributed by atoms with Crippen LogP contribution in [0, 0.1) is 6.92 Å². The SMILES string of the molecule is Cc1ccc(Cl)c2sc(N(CCCN3CCOCC3)C(=O)C3CCCN3S(=O)(=O)c3ccc(Cl)s3)nc12. The van der Waals surface area contributed by atoms with Gasteiger partial charge in [0.1, 0.15) is 10.3 Å². The number of aryl methyl sites for hydroxylation is 1. The molecule has 2 aromatic heterocycles. The Morgan fingerprint density at radius 1 is 1.16 bits per heavy atom. The molecule has 3 aromatic rings. The first-order valence-corrected chi connectivity index (χ1v) is 16.0. The summed E-state index contributed by atoms with van der Waals surface area (Å²) in [6.07, 6.45) is 1.80. The molecule has 0 N–H and O–H groups in total. The number of benzene rings is 1. The Balaban J connectivity index is 1.44. The second kappa shape index (κ2) is 11.4. The van der Waals surface area contributed by atoms with Gasteiger partial charge in [0.2, 0.25) is 5.91 Å². The Bertz CT molecular complexity index is 1350. The number of carbonyl (C=O) groups excluding carboxylic acids is 1. The molecule has 2 aliphatic rings. The summed E-state index contributed by atoms with van der Waals surface area (Å²) in [6, 6.07) is 6.02. The summed E-state index contributed by atoms with van der Waals surface area (Å²) in [5.74, 6) is -0.251. The lowest BCUT2D eigenvalue weighted by Gasteiger charge is -2.30. The van der Waals surface area contributed by atoms with Gasteiger partial charge in [0.25, 0.3) is 10.0 Å². The molecule has 1 atom stereocenters. The largest absolute Gasteiger partial charge is 0.379 e. The van der Waals surface area contributed by atoms with Crippen molar-refractivity contribution >= 4 is 77.2 Å². The van der Waals surface area contributed by atoms with Gasteiger partial charge in [0, 0.05) is 32.7 Å². The van der Waals surface area contributed by atoms with Crippen molar-refractivity contribution in [3.8, 4) is 0 Å². The Hall–Kier alpha value is -1.31. The van der Waals surface area contributed by atoms with E-state index in [1.165, 1.54) is 21.7 Å². The monoisotopic (exact) mass is 602 g/mol. The quantitative estimate of drug-likeness (QED) is 0.365. The maximum Gasteiger partial charge on any atom is 0.253 e. The number of thiophene rings is 1. The van der Waals surface area contributed by atoms with Crippen LogP contribution in [0.15, 0.2) is 28.5 Å². The van der Waals surface area contributed by atoms with Gasteiger partial charge in [-0.05, 0) is 49.9 Å². The lowest BCUT2D eigenvalue weighted by atomic mass is 10.2. The Kier molecular flexibility index (Phi) is 8.42. The molecule has 0 spiro atoms. The lowest BCUT2D eigenvalue weighted by molar-refractivity contribution is -0.121. The predicted octanol–water partition coefficient (Wildman–Crippen LogP) is 4.88. The smallest absolute Gasteiger partial charge is 0.253 e. The summed E-state index contributed by atoms with van der Waals surface area (Å²) in [6.45, 7) is 6.65. The Labute approximate surface area is 234 Å². The van der Waals surface area contributed by atoms with Gasteiger partial charge < -0.3 is 4.74 Å². The van der Waals surface area contributed by atoms with Crippen molar-refractivity contribution in [2.45, 2.75) is 36.4 Å². The van der Waals surface area contributed by atoms with Crippen LogP contribution in [0.2, 0.25) is 9.36 Å². The summed E-state index contributed by atoms with van der Waals surface area (Å²) in [7, 11) is -3.84. The van der Waals surface area contributed by atoms with Gasteiger partial charge in [0.05, 0.1) is 32.8 Å². The number of amides is 1. The van der Waals surface area contributed by atoms with Crippen LogP contribution in [0.1, 0.15) is 24.8 Å². The lowest BCUT2D eigenvalue weighted by Crippen LogP contribution is -2.48. The number of thiazole rings is 1. The van der Waals surface area contributed by atoms with Crippen molar-refractivity contribution in [1.29, 1.82) is 0 Å². The Morgan fingerprint density at radius 3 is 2.65 bits per heavy atom. The third-order valence-corrected chi connectivity index (χ3v) is 11.9. The van der Waals surface area contributed by atoms with Crippen molar-refractivity contribution in [3.63, 3.8) is 0 Å². The van der Waals surface area contributed by atoms with Gasteiger partial charge in [-0.25, -0.2) is 13.4 Å². The fraction of sp³-hybridized carbons (Fsp3) is 0.500. The molecular weight excluding hydrogens is 575 g/mol. The standard InChI is InChI=1S/C24H28Cl2N4O4S3/c1-16-5-6-17(25)22-21(16)27-24(36-22)29(10-3-9-28-12-14-34-15-13-28)23(31)18-4-2-11-30(18)37(32,33)20-8-7-19(26)35-20/h5-8,18H,2-4,9-15H2,1H3. The van der Waals surface area contributed by atoms with E-state index >= 15 is 0 Å². The van der Waals surface area contributed by atoms with Crippen LogP contribution in [-0.4, -0.2) is 80.5 Å². The van der Waals surface area contributed by atoms with E-state index < -0.39 is 16.1 Å². The normalized spacial score (nSPS) is 19.6. The molecule has 0 saturated carbocycles. The number of hydrogen-bond acceptors (Lipinski definition) is 8. The highest BCUT2D eigenvalue weighted by molar-refractivity contribution is 7.91. The highest BCUT2D eigenvalue weighted by Crippen LogP contribution is 2.38. The third-order valence-electron chi connectivity index (χ3n) is 6.74. The highest BCUT2D eigenvalue weighted by atomic mass is 35.5. The van der Waals surface area contributed by atoms with E-state index in [0.29, 0.717) is 53.6 Å². The minimum atomic E-state index is -3.84. The van der Waals surface area contributed by atoms with Crippen molar-refractivity contribution < 1.29 is 17.9 Å². The number of aromatic nitrogens is 1. The second-order valence-electron chi connectivity index (χ2n) is 9.17. The van der Waals surface area contributed by atoms with Gasteiger partial charge in [-0.2, -0.15) is 4.31 Å². The summed E-state index contributed by atoms with van der Waals surface area (Å²) < 4.78 is 35.0. The number of nitrogens with zero attached hydrogens (tertiary/aromatic N) is 4. The zero-order valence-electron chi connectivity index (χ0n) is 20.4. The number of morpholine rings is 1. The molecule has 2 saturated heterocycles. The summed E-state index contributed by atoms with van der Waals surface area (Å²) in [5, 5.41) is 1.13. The Morgan fingerprint density at radius 2 is 1.95 bits per heavy atom. The minimum absolute atomic E-state index is 0.151. The van der Waals surface area contributed by atoms with Crippen molar-refractivity contribution in [2.24, 2.45) is 0 Å². The van der Waals surface area contributed by atoms with E-state index in [1.54, 1.807) is 11.0 Å². The van der Waals surface area contributed by atoms with Crippen molar-refractivity contribution in [1.82, 2.24) is 14.2 Å². The molecule has 0 aliphatic carbocycles. The number of halogens is 2. The number of hydrogen-bond donors (Lipinski definition) is 0. The van der Waals surface area contributed by atoms with Crippen LogP contribution in [0.4, 0.5) is 5.13 Å². The van der Waals surface area contributed by atoms with Crippen LogP contribution < -0.4 is 4.90 Å². The number of rotatable bonds is 8. The number of carbonyl (C=O) groups is 1. The number of sulfonamides is 1. The second-order valence-corrected chi connectivity index (χ2v) is 14.4. The molecule has 1 amide bonds. The van der Waals surface area contributed by atoms with Gasteiger partial charge in [-0.1, -0.05) is 40.6 Å². The van der Waals surface area contributed by atoms with E-state index in [4.69, 9.17) is 32.9 Å². The molecule has 8 nitrogen and oxygen atoms in total. The predicted molar refractivity (Wildman–Crippen MR) is 150 cm³/mol. The molecule has 2 aliphatic heterocycles. The maximum atomic E-state index is 14.1. The molecule has 1 unspecified atom stereocenters. The topological polar surface area (TPSA) is 83.0 Å². The number of ether oxygens (including phenoxy) is 1. The molecule has 2 fully saturated rings. The van der Waals surface area contributed by atoms with E-state index in [1.807, 2.05) is 19.1 Å². The average molecular weight is 604 g/mol. The van der Waals surface area contributed by atoms with Crippen LogP contribution in [0.3, 0.4) is 0 Å².